The largest absolute Gasteiger partial charge is 0.465 e. The summed E-state index contributed by atoms with van der Waals surface area (Å²) in [6.45, 7) is 0.267. The molecule has 204 valence electrons. The molecule has 3 aromatic carbocycles. The van der Waals surface area contributed by atoms with Crippen LogP contribution in [0.15, 0.2) is 83.5 Å². The number of imide groups is 1. The Labute approximate surface area is 234 Å². The summed E-state index contributed by atoms with van der Waals surface area (Å²) in [4.78, 5) is 63.4. The van der Waals surface area contributed by atoms with E-state index in [2.05, 4.69) is 10.6 Å². The van der Waals surface area contributed by atoms with Gasteiger partial charge >= 0.3 is 11.9 Å². The topological polar surface area (TPSA) is 131 Å². The predicted octanol–water partition coefficient (Wildman–Crippen LogP) is 3.62. The van der Waals surface area contributed by atoms with Crippen molar-refractivity contribution in [2.45, 2.75) is 13.1 Å². The molecule has 0 unspecified atom stereocenters. The maximum Gasteiger partial charge on any atom is 0.339 e. The minimum Gasteiger partial charge on any atom is -0.465 e. The van der Waals surface area contributed by atoms with Crippen molar-refractivity contribution in [2.75, 3.05) is 19.5 Å². The monoisotopic (exact) mass is 561 g/mol. The van der Waals surface area contributed by atoms with E-state index in [1.165, 1.54) is 32.4 Å². The van der Waals surface area contributed by atoms with Crippen molar-refractivity contribution < 1.29 is 33.4 Å². The van der Waals surface area contributed by atoms with Crippen molar-refractivity contribution in [2.24, 2.45) is 0 Å². The molecule has 40 heavy (non-hydrogen) atoms. The fourth-order valence-corrected chi connectivity index (χ4v) is 4.20. The molecule has 11 heteroatoms. The van der Waals surface area contributed by atoms with Gasteiger partial charge in [-0.1, -0.05) is 54.1 Å². The molecule has 0 radical (unpaired) electrons. The van der Waals surface area contributed by atoms with Crippen molar-refractivity contribution in [3.63, 3.8) is 0 Å². The highest BCUT2D eigenvalue weighted by Crippen LogP contribution is 2.25. The number of carbonyl (C=O) groups is 5. The first-order valence-corrected chi connectivity index (χ1v) is 12.4. The van der Waals surface area contributed by atoms with Gasteiger partial charge in [0.25, 0.3) is 17.7 Å². The van der Waals surface area contributed by atoms with E-state index in [9.17, 15) is 24.0 Å². The summed E-state index contributed by atoms with van der Waals surface area (Å²) in [7, 11) is 2.42. The summed E-state index contributed by atoms with van der Waals surface area (Å²) < 4.78 is 9.46. The highest BCUT2D eigenvalue weighted by molar-refractivity contribution is 6.47. The van der Waals surface area contributed by atoms with Gasteiger partial charge in [-0.3, -0.25) is 19.3 Å². The van der Waals surface area contributed by atoms with Crippen LogP contribution in [0.4, 0.5) is 5.69 Å². The standard InChI is InChI=1S/C29H24ClN3O7/c1-39-28(37)20-12-13-21(29(38)40-2)22(14-20)32-25(34)19-10-8-17(9-11-19)15-31-24-23(30)26(35)33(27(24)36)16-18-6-4-3-5-7-18/h3-14,31H,15-16H2,1-2H3,(H,32,34). The zero-order valence-electron chi connectivity index (χ0n) is 21.5. The van der Waals surface area contributed by atoms with Crippen LogP contribution in [0, 0.1) is 0 Å². The Kier molecular flexibility index (Phi) is 8.60. The van der Waals surface area contributed by atoms with Gasteiger partial charge in [0.2, 0.25) is 0 Å². The van der Waals surface area contributed by atoms with Crippen LogP contribution in [0.2, 0.25) is 0 Å². The number of nitrogens with one attached hydrogen (secondary N) is 2. The lowest BCUT2D eigenvalue weighted by atomic mass is 10.1. The van der Waals surface area contributed by atoms with Gasteiger partial charge in [-0.15, -0.1) is 0 Å². The van der Waals surface area contributed by atoms with Crippen molar-refractivity contribution in [1.29, 1.82) is 0 Å². The Morgan fingerprint density at radius 2 is 1.45 bits per heavy atom. The molecule has 0 saturated carbocycles. The van der Waals surface area contributed by atoms with Crippen LogP contribution in [0.25, 0.3) is 0 Å². The number of anilines is 1. The number of hydrogen-bond acceptors (Lipinski definition) is 8. The molecule has 10 nitrogen and oxygen atoms in total. The van der Waals surface area contributed by atoms with E-state index in [1.54, 1.807) is 24.3 Å². The van der Waals surface area contributed by atoms with Gasteiger partial charge in [-0.2, -0.15) is 0 Å². The minimum atomic E-state index is -0.691. The number of methoxy groups -OCH3 is 2. The zero-order chi connectivity index (χ0) is 28.8. The molecule has 0 saturated heterocycles. The molecule has 3 amide bonds. The number of ether oxygens (including phenoxy) is 2. The molecule has 2 N–H and O–H groups in total. The average Bonchev–Trinajstić information content (AvgIpc) is 3.18. The summed E-state index contributed by atoms with van der Waals surface area (Å²) in [6.07, 6.45) is 0. The van der Waals surface area contributed by atoms with Gasteiger partial charge in [0.05, 0.1) is 37.6 Å². The van der Waals surface area contributed by atoms with E-state index in [0.29, 0.717) is 5.56 Å². The van der Waals surface area contributed by atoms with Gasteiger partial charge < -0.3 is 20.1 Å². The number of rotatable bonds is 9. The van der Waals surface area contributed by atoms with Crippen molar-refractivity contribution in [3.05, 3.63) is 111 Å². The summed E-state index contributed by atoms with van der Waals surface area (Å²) in [5, 5.41) is 5.36. The minimum absolute atomic E-state index is 0.00486. The molecule has 0 atom stereocenters. The molecule has 0 spiro atoms. The molecule has 0 bridgehead atoms. The van der Waals surface area contributed by atoms with Crippen LogP contribution in [-0.4, -0.2) is 48.8 Å². The first-order valence-electron chi connectivity index (χ1n) is 12.0. The van der Waals surface area contributed by atoms with Crippen LogP contribution < -0.4 is 10.6 Å². The number of hydrogen-bond donors (Lipinski definition) is 2. The van der Waals surface area contributed by atoms with Gasteiger partial charge in [0, 0.05) is 12.1 Å². The van der Waals surface area contributed by atoms with Gasteiger partial charge in [0.15, 0.2) is 0 Å². The predicted molar refractivity (Wildman–Crippen MR) is 145 cm³/mol. The van der Waals surface area contributed by atoms with Crippen LogP contribution in [-0.2, 0) is 32.2 Å². The third kappa shape index (κ3) is 6.02. The smallest absolute Gasteiger partial charge is 0.339 e. The Bertz CT molecular complexity index is 1520. The van der Waals surface area contributed by atoms with E-state index < -0.39 is 29.7 Å². The molecule has 3 aromatic rings. The van der Waals surface area contributed by atoms with E-state index in [1.807, 2.05) is 30.3 Å². The quantitative estimate of drug-likeness (QED) is 0.299. The summed E-state index contributed by atoms with van der Waals surface area (Å²) in [5.41, 5.74) is 2.05. The number of esters is 2. The van der Waals surface area contributed by atoms with Gasteiger partial charge in [0.1, 0.15) is 10.7 Å². The first kappa shape index (κ1) is 28.1. The average molecular weight is 562 g/mol. The van der Waals surface area contributed by atoms with Crippen molar-refractivity contribution in [1.82, 2.24) is 10.2 Å². The first-order chi connectivity index (χ1) is 19.2. The highest BCUT2D eigenvalue weighted by atomic mass is 35.5. The molecule has 0 aromatic heterocycles. The van der Waals surface area contributed by atoms with E-state index in [0.717, 1.165) is 10.5 Å². The summed E-state index contributed by atoms with van der Waals surface area (Å²) >= 11 is 6.17. The SMILES string of the molecule is COC(=O)c1ccc(C(=O)OC)c(NC(=O)c2ccc(CNC3=C(Cl)C(=O)N(Cc4ccccc4)C3=O)cc2)c1. The molecule has 1 aliphatic heterocycles. The van der Waals surface area contributed by atoms with Gasteiger partial charge in [-0.05, 0) is 41.5 Å². The maximum atomic E-state index is 12.9. The molecule has 0 aliphatic carbocycles. The third-order valence-corrected chi connectivity index (χ3v) is 6.43. The molecular weight excluding hydrogens is 538 g/mol. The highest BCUT2D eigenvalue weighted by Gasteiger charge is 2.37. The number of benzene rings is 3. The number of halogens is 1. The number of nitrogens with zero attached hydrogens (tertiary/aromatic N) is 1. The van der Waals surface area contributed by atoms with Crippen LogP contribution in [0.1, 0.15) is 42.2 Å². The molecular formula is C29H24ClN3O7. The van der Waals surface area contributed by atoms with Gasteiger partial charge in [-0.25, -0.2) is 9.59 Å². The second kappa shape index (κ2) is 12.3. The summed E-state index contributed by atoms with van der Waals surface area (Å²) in [6, 6.07) is 19.6. The molecule has 0 fully saturated rings. The number of carbonyl (C=O) groups excluding carboxylic acids is 5. The van der Waals surface area contributed by atoms with Crippen LogP contribution in [0.3, 0.4) is 0 Å². The van der Waals surface area contributed by atoms with E-state index in [-0.39, 0.29) is 46.2 Å². The Hall–Kier alpha value is -4.96. The maximum absolute atomic E-state index is 12.9. The van der Waals surface area contributed by atoms with Crippen molar-refractivity contribution in [3.8, 4) is 0 Å². The Morgan fingerprint density at radius 1 is 0.800 bits per heavy atom. The molecule has 1 heterocycles. The van der Waals surface area contributed by atoms with E-state index in [4.69, 9.17) is 21.1 Å². The summed E-state index contributed by atoms with van der Waals surface area (Å²) in [5.74, 6) is -2.96. The van der Waals surface area contributed by atoms with E-state index >= 15 is 0 Å². The zero-order valence-corrected chi connectivity index (χ0v) is 22.3. The number of amides is 3. The lowest BCUT2D eigenvalue weighted by Crippen LogP contribution is -2.33. The van der Waals surface area contributed by atoms with Crippen LogP contribution in [0.5, 0.6) is 0 Å². The second-order valence-electron chi connectivity index (χ2n) is 8.62. The molecule has 1 aliphatic rings. The normalized spacial score (nSPS) is 12.8. The third-order valence-electron chi connectivity index (χ3n) is 6.07. The lowest BCUT2D eigenvalue weighted by Gasteiger charge is -2.15. The molecule has 4 rings (SSSR count). The fraction of sp³-hybridized carbons (Fsp3) is 0.138. The lowest BCUT2D eigenvalue weighted by molar-refractivity contribution is -0.138. The van der Waals surface area contributed by atoms with Crippen LogP contribution >= 0.6 is 11.6 Å². The fourth-order valence-electron chi connectivity index (χ4n) is 3.95. The van der Waals surface area contributed by atoms with Crippen molar-refractivity contribution >= 4 is 46.9 Å². The second-order valence-corrected chi connectivity index (χ2v) is 9.00. The Balaban J connectivity index is 1.42. The Morgan fingerprint density at radius 3 is 2.10 bits per heavy atom.